The summed E-state index contributed by atoms with van der Waals surface area (Å²) in [4.78, 5) is 12.4. The summed E-state index contributed by atoms with van der Waals surface area (Å²) in [6.07, 6.45) is -0.0429. The van der Waals surface area contributed by atoms with Gasteiger partial charge in [0.05, 0.1) is 41.1 Å². The topological polar surface area (TPSA) is 88.1 Å². The van der Waals surface area contributed by atoms with Gasteiger partial charge in [0.2, 0.25) is 5.91 Å². The van der Waals surface area contributed by atoms with Crippen LogP contribution < -0.4 is 11.1 Å². The lowest BCUT2D eigenvalue weighted by Gasteiger charge is -2.18. The maximum absolute atomic E-state index is 12.4. The lowest BCUT2D eigenvalue weighted by Crippen LogP contribution is -2.32. The van der Waals surface area contributed by atoms with Crippen LogP contribution in [0.4, 0.5) is 11.4 Å². The van der Waals surface area contributed by atoms with Crippen molar-refractivity contribution >= 4 is 17.3 Å². The molecule has 3 N–H and O–H groups in total. The van der Waals surface area contributed by atoms with Crippen LogP contribution in [-0.2, 0) is 9.53 Å². The highest BCUT2D eigenvalue weighted by Crippen LogP contribution is 2.33. The number of anilines is 2. The third-order valence-corrected chi connectivity index (χ3v) is 3.98. The summed E-state index contributed by atoms with van der Waals surface area (Å²) in [5, 5.41) is 11.6. The Bertz CT molecular complexity index is 565. The molecule has 20 heavy (non-hydrogen) atoms. The first-order valence-electron chi connectivity index (χ1n) is 6.70. The average molecular weight is 273 g/mol. The summed E-state index contributed by atoms with van der Waals surface area (Å²) < 4.78 is 5.68. The predicted octanol–water partition coefficient (Wildman–Crippen LogP) is 2.14. The fourth-order valence-electron chi connectivity index (χ4n) is 2.68. The number of nitrogens with two attached hydrogens (primary N) is 1. The lowest BCUT2D eigenvalue weighted by molar-refractivity contribution is -0.121. The van der Waals surface area contributed by atoms with Crippen molar-refractivity contribution in [1.82, 2.24) is 0 Å². The molecular formula is C15H19N3O2. The van der Waals surface area contributed by atoms with Crippen molar-refractivity contribution in [1.29, 1.82) is 5.26 Å². The number of nitrogens with one attached hydrogen (secondary N) is 1. The van der Waals surface area contributed by atoms with Crippen molar-refractivity contribution in [3.63, 3.8) is 0 Å². The fourth-order valence-corrected chi connectivity index (χ4v) is 2.68. The average Bonchev–Trinajstić information content (AvgIpc) is 2.65. The van der Waals surface area contributed by atoms with E-state index in [4.69, 9.17) is 15.7 Å². The highest BCUT2D eigenvalue weighted by atomic mass is 16.5. The predicted molar refractivity (Wildman–Crippen MR) is 76.9 cm³/mol. The number of ether oxygens (including phenoxy) is 1. The van der Waals surface area contributed by atoms with Crippen LogP contribution >= 0.6 is 0 Å². The van der Waals surface area contributed by atoms with E-state index in [1.54, 1.807) is 18.2 Å². The molecule has 5 nitrogen and oxygen atoms in total. The Balaban J connectivity index is 2.14. The highest BCUT2D eigenvalue weighted by Gasteiger charge is 2.41. The molecule has 0 aromatic heterocycles. The minimum atomic E-state index is -0.194. The number of carbonyl (C=O) groups is 1. The smallest absolute Gasteiger partial charge is 0.230 e. The summed E-state index contributed by atoms with van der Waals surface area (Å²) >= 11 is 0. The molecule has 1 aromatic rings. The molecule has 4 unspecified atom stereocenters. The lowest BCUT2D eigenvalue weighted by atomic mass is 9.89. The van der Waals surface area contributed by atoms with Crippen molar-refractivity contribution in [3.8, 4) is 6.07 Å². The van der Waals surface area contributed by atoms with Crippen molar-refractivity contribution in [2.75, 3.05) is 11.1 Å². The highest BCUT2D eigenvalue weighted by molar-refractivity contribution is 5.96. The van der Waals surface area contributed by atoms with E-state index in [-0.39, 0.29) is 30.0 Å². The monoisotopic (exact) mass is 273 g/mol. The molecule has 1 aliphatic heterocycles. The second-order valence-electron chi connectivity index (χ2n) is 5.33. The minimum Gasteiger partial charge on any atom is -0.397 e. The summed E-state index contributed by atoms with van der Waals surface area (Å²) in [5.41, 5.74) is 7.24. The van der Waals surface area contributed by atoms with E-state index in [0.717, 1.165) is 0 Å². The molecule has 4 atom stereocenters. The number of nitrogens with zero attached hydrogens (tertiary/aromatic N) is 1. The first-order chi connectivity index (χ1) is 9.43. The minimum absolute atomic E-state index is 0.0686. The molecule has 2 rings (SSSR count). The zero-order valence-electron chi connectivity index (χ0n) is 11.9. The first-order valence-corrected chi connectivity index (χ1v) is 6.70. The van der Waals surface area contributed by atoms with Gasteiger partial charge in [-0.15, -0.1) is 0 Å². The molecule has 0 spiro atoms. The molecule has 0 radical (unpaired) electrons. The number of nitrogen functional groups attached to an aromatic ring is 1. The largest absolute Gasteiger partial charge is 0.397 e. The summed E-state index contributed by atoms with van der Waals surface area (Å²) in [5.74, 6) is -0.129. The molecule has 0 saturated carbocycles. The maximum Gasteiger partial charge on any atom is 0.230 e. The number of amides is 1. The molecule has 0 aliphatic carbocycles. The zero-order valence-corrected chi connectivity index (χ0v) is 11.9. The fraction of sp³-hybridized carbons (Fsp3) is 0.467. The van der Waals surface area contributed by atoms with Gasteiger partial charge in [-0.3, -0.25) is 4.79 Å². The van der Waals surface area contributed by atoms with Gasteiger partial charge in [0.15, 0.2) is 0 Å². The third-order valence-electron chi connectivity index (χ3n) is 3.98. The van der Waals surface area contributed by atoms with Crippen LogP contribution in [0.25, 0.3) is 0 Å². The molecule has 1 heterocycles. The second kappa shape index (κ2) is 5.51. The Kier molecular flexibility index (Phi) is 3.96. The third kappa shape index (κ3) is 2.61. The molecule has 1 amide bonds. The van der Waals surface area contributed by atoms with Gasteiger partial charge in [0.1, 0.15) is 0 Å². The van der Waals surface area contributed by atoms with Gasteiger partial charge < -0.3 is 15.8 Å². The van der Waals surface area contributed by atoms with Gasteiger partial charge in [-0.1, -0.05) is 6.92 Å². The Labute approximate surface area is 118 Å². The second-order valence-corrected chi connectivity index (χ2v) is 5.33. The Morgan fingerprint density at radius 3 is 2.55 bits per heavy atom. The van der Waals surface area contributed by atoms with Crippen LogP contribution in [-0.4, -0.2) is 18.1 Å². The van der Waals surface area contributed by atoms with E-state index >= 15 is 0 Å². The van der Waals surface area contributed by atoms with Crippen molar-refractivity contribution in [2.24, 2.45) is 11.8 Å². The molecule has 0 bridgehead atoms. The van der Waals surface area contributed by atoms with E-state index in [1.807, 2.05) is 26.8 Å². The summed E-state index contributed by atoms with van der Waals surface area (Å²) in [6, 6.07) is 6.85. The van der Waals surface area contributed by atoms with Crippen molar-refractivity contribution < 1.29 is 9.53 Å². The number of hydrogen-bond donors (Lipinski definition) is 2. The van der Waals surface area contributed by atoms with E-state index in [9.17, 15) is 4.79 Å². The summed E-state index contributed by atoms with van der Waals surface area (Å²) in [7, 11) is 0. The number of carbonyl (C=O) groups excluding carboxylic acids is 1. The molecule has 5 heteroatoms. The maximum atomic E-state index is 12.4. The quantitative estimate of drug-likeness (QED) is 0.808. The zero-order chi connectivity index (χ0) is 14.9. The number of rotatable bonds is 2. The normalized spacial score (nSPS) is 28.9. The Hall–Kier alpha value is -2.06. The van der Waals surface area contributed by atoms with E-state index in [1.165, 1.54) is 0 Å². The van der Waals surface area contributed by atoms with E-state index in [0.29, 0.717) is 16.9 Å². The number of benzene rings is 1. The Morgan fingerprint density at radius 2 is 2.05 bits per heavy atom. The standard InChI is InChI=1S/C15H19N3O2/c1-8-9(2)20-10(3)14(8)15(19)18-13-5-4-11(7-16)6-12(13)17/h4-6,8-10,14H,17H2,1-3H3,(H,18,19). The van der Waals surface area contributed by atoms with Crippen molar-refractivity contribution in [3.05, 3.63) is 23.8 Å². The number of nitriles is 1. The van der Waals surface area contributed by atoms with Gasteiger partial charge in [-0.25, -0.2) is 0 Å². The van der Waals surface area contributed by atoms with Gasteiger partial charge in [-0.2, -0.15) is 5.26 Å². The van der Waals surface area contributed by atoms with Gasteiger partial charge >= 0.3 is 0 Å². The van der Waals surface area contributed by atoms with Crippen LogP contribution in [0.3, 0.4) is 0 Å². The summed E-state index contributed by atoms with van der Waals surface area (Å²) in [6.45, 7) is 5.90. The van der Waals surface area contributed by atoms with Crippen LogP contribution in [0, 0.1) is 23.2 Å². The molecule has 1 saturated heterocycles. The molecule has 1 aromatic carbocycles. The molecule has 1 fully saturated rings. The van der Waals surface area contributed by atoms with Crippen molar-refractivity contribution in [2.45, 2.75) is 33.0 Å². The Morgan fingerprint density at radius 1 is 1.35 bits per heavy atom. The SMILES string of the molecule is CC1OC(C)C(C(=O)Nc2ccc(C#N)cc2N)C1C. The van der Waals surface area contributed by atoms with Crippen LogP contribution in [0.5, 0.6) is 0 Å². The van der Waals surface area contributed by atoms with Gasteiger partial charge in [0, 0.05) is 0 Å². The van der Waals surface area contributed by atoms with Gasteiger partial charge in [-0.05, 0) is 38.0 Å². The van der Waals surface area contributed by atoms with Gasteiger partial charge in [0.25, 0.3) is 0 Å². The van der Waals surface area contributed by atoms with Crippen LogP contribution in [0.2, 0.25) is 0 Å². The van der Waals surface area contributed by atoms with E-state index < -0.39 is 0 Å². The van der Waals surface area contributed by atoms with E-state index in [2.05, 4.69) is 5.32 Å². The molecule has 1 aliphatic rings. The molecule has 106 valence electrons. The number of hydrogen-bond acceptors (Lipinski definition) is 4. The first kappa shape index (κ1) is 14.4. The van der Waals surface area contributed by atoms with Crippen LogP contribution in [0.1, 0.15) is 26.3 Å². The van der Waals surface area contributed by atoms with Crippen LogP contribution in [0.15, 0.2) is 18.2 Å². The molecular weight excluding hydrogens is 254 g/mol.